The molecule has 1 atom stereocenters. The molecule has 0 fully saturated rings. The number of rotatable bonds is 7. The van der Waals surface area contributed by atoms with E-state index in [1.165, 1.54) is 12.3 Å². The van der Waals surface area contributed by atoms with Crippen LogP contribution in [-0.4, -0.2) is 47.3 Å². The molecule has 0 aromatic rings. The fourth-order valence-corrected chi connectivity index (χ4v) is 1.78. The van der Waals surface area contributed by atoms with Crippen molar-refractivity contribution < 1.29 is 19.1 Å². The molecule has 8 nitrogen and oxygen atoms in total. The van der Waals surface area contributed by atoms with Crippen LogP contribution >= 0.6 is 0 Å². The zero-order valence-corrected chi connectivity index (χ0v) is 13.1. The quantitative estimate of drug-likeness (QED) is 0.425. The van der Waals surface area contributed by atoms with Gasteiger partial charge in [-0.1, -0.05) is 26.7 Å². The normalized spacial score (nSPS) is 16.7. The molecule has 0 bridgehead atoms. The van der Waals surface area contributed by atoms with E-state index in [1.54, 1.807) is 0 Å². The second kappa shape index (κ2) is 8.91. The molecule has 0 saturated heterocycles. The van der Waals surface area contributed by atoms with Crippen LogP contribution in [0.4, 0.5) is 9.59 Å². The van der Waals surface area contributed by atoms with Gasteiger partial charge in [0.15, 0.2) is 0 Å². The van der Waals surface area contributed by atoms with E-state index in [9.17, 15) is 9.59 Å². The van der Waals surface area contributed by atoms with Crippen LogP contribution in [0.15, 0.2) is 12.3 Å². The Balaban J connectivity index is 2.73. The van der Waals surface area contributed by atoms with Crippen LogP contribution in [0.1, 0.15) is 39.5 Å². The minimum absolute atomic E-state index is 0.245. The number of nitrogens with zero attached hydrogens (tertiary/aromatic N) is 2. The first-order chi connectivity index (χ1) is 10.5. The lowest BCUT2D eigenvalue weighted by atomic mass is 10.3. The third kappa shape index (κ3) is 4.64. The highest BCUT2D eigenvalue weighted by molar-refractivity contribution is 5.90. The third-order valence-electron chi connectivity index (χ3n) is 3.04. The van der Waals surface area contributed by atoms with Gasteiger partial charge in [0.25, 0.3) is 0 Å². The monoisotopic (exact) mass is 312 g/mol. The maximum absolute atomic E-state index is 12.1. The summed E-state index contributed by atoms with van der Waals surface area (Å²) in [7, 11) is 0. The molecule has 22 heavy (non-hydrogen) atoms. The predicted molar refractivity (Wildman–Crippen MR) is 81.0 cm³/mol. The fraction of sp³-hybridized carbons (Fsp3) is 0.643. The van der Waals surface area contributed by atoms with E-state index in [0.717, 1.165) is 35.7 Å². The molecule has 8 heteroatoms. The Morgan fingerprint density at radius 1 is 1.14 bits per heavy atom. The highest BCUT2D eigenvalue weighted by Gasteiger charge is 2.38. The standard InChI is InChI=1S/C14H24N4O4/c1-3-5-9-21-13(19)17-8-7-11(12(15)16)18(17)14(20)22-10-6-4-2/h7-8,11H,3-6,9-10H2,1-2H3,(H3,15,16). The number of amidine groups is 1. The van der Waals surface area contributed by atoms with Gasteiger partial charge in [-0.05, 0) is 18.9 Å². The summed E-state index contributed by atoms with van der Waals surface area (Å²) in [6.45, 7) is 4.46. The molecular formula is C14H24N4O4. The van der Waals surface area contributed by atoms with E-state index >= 15 is 0 Å². The summed E-state index contributed by atoms with van der Waals surface area (Å²) in [6.07, 6.45) is 4.64. The number of hydrogen-bond acceptors (Lipinski definition) is 5. The van der Waals surface area contributed by atoms with Gasteiger partial charge in [0.1, 0.15) is 11.9 Å². The minimum atomic E-state index is -0.840. The Labute approximate surface area is 130 Å². The molecule has 1 rings (SSSR count). The topological polar surface area (TPSA) is 109 Å². The Bertz CT molecular complexity index is 439. The highest BCUT2D eigenvalue weighted by atomic mass is 16.6. The average molecular weight is 312 g/mol. The summed E-state index contributed by atoms with van der Waals surface area (Å²) in [5.74, 6) is -0.257. The van der Waals surface area contributed by atoms with E-state index in [1.807, 2.05) is 13.8 Å². The number of ether oxygens (including phenoxy) is 2. The molecule has 0 spiro atoms. The maximum atomic E-state index is 12.1. The average Bonchev–Trinajstić information content (AvgIpc) is 2.92. The second-order valence-electron chi connectivity index (χ2n) is 4.87. The van der Waals surface area contributed by atoms with Gasteiger partial charge in [-0.25, -0.2) is 9.59 Å². The maximum Gasteiger partial charge on any atom is 0.433 e. The van der Waals surface area contributed by atoms with Crippen LogP contribution in [0, 0.1) is 5.41 Å². The van der Waals surface area contributed by atoms with Crippen molar-refractivity contribution >= 4 is 18.0 Å². The number of nitrogens with two attached hydrogens (primary N) is 1. The molecule has 2 amide bonds. The van der Waals surface area contributed by atoms with Gasteiger partial charge in [-0.2, -0.15) is 10.0 Å². The number of hydrogen-bond donors (Lipinski definition) is 2. The largest absolute Gasteiger partial charge is 0.448 e. The van der Waals surface area contributed by atoms with Crippen molar-refractivity contribution in [2.75, 3.05) is 13.2 Å². The van der Waals surface area contributed by atoms with Crippen molar-refractivity contribution in [3.8, 4) is 0 Å². The zero-order chi connectivity index (χ0) is 16.5. The molecule has 1 unspecified atom stereocenters. The number of amides is 2. The molecule has 0 aliphatic carbocycles. The molecule has 0 aromatic carbocycles. The van der Waals surface area contributed by atoms with E-state index in [-0.39, 0.29) is 19.0 Å². The smallest absolute Gasteiger partial charge is 0.433 e. The zero-order valence-electron chi connectivity index (χ0n) is 13.1. The third-order valence-corrected chi connectivity index (χ3v) is 3.04. The Kier molecular flexibility index (Phi) is 7.21. The van der Waals surface area contributed by atoms with Gasteiger partial charge in [0, 0.05) is 6.20 Å². The van der Waals surface area contributed by atoms with Gasteiger partial charge in [0.05, 0.1) is 13.2 Å². The lowest BCUT2D eigenvalue weighted by molar-refractivity contribution is 0.00961. The van der Waals surface area contributed by atoms with E-state index in [2.05, 4.69) is 0 Å². The number of carbonyl (C=O) groups excluding carboxylic acids is 2. The molecule has 0 aromatic heterocycles. The Morgan fingerprint density at radius 3 is 2.18 bits per heavy atom. The molecular weight excluding hydrogens is 288 g/mol. The summed E-state index contributed by atoms with van der Waals surface area (Å²) in [5.41, 5.74) is 5.47. The summed E-state index contributed by atoms with van der Waals surface area (Å²) in [4.78, 5) is 24.2. The van der Waals surface area contributed by atoms with Gasteiger partial charge < -0.3 is 15.2 Å². The minimum Gasteiger partial charge on any atom is -0.448 e. The summed E-state index contributed by atoms with van der Waals surface area (Å²) in [5, 5.41) is 9.51. The molecule has 3 N–H and O–H groups in total. The summed E-state index contributed by atoms with van der Waals surface area (Å²) >= 11 is 0. The number of unbranched alkanes of at least 4 members (excludes halogenated alkanes) is 2. The number of carbonyl (C=O) groups is 2. The van der Waals surface area contributed by atoms with Gasteiger partial charge in [-0.3, -0.25) is 5.41 Å². The fourth-order valence-electron chi connectivity index (χ4n) is 1.78. The van der Waals surface area contributed by atoms with Crippen molar-refractivity contribution in [3.05, 3.63) is 12.3 Å². The van der Waals surface area contributed by atoms with Crippen molar-refractivity contribution in [1.29, 1.82) is 5.41 Å². The highest BCUT2D eigenvalue weighted by Crippen LogP contribution is 2.18. The lowest BCUT2D eigenvalue weighted by Crippen LogP contribution is -2.52. The van der Waals surface area contributed by atoms with E-state index in [4.69, 9.17) is 20.6 Å². The first-order valence-corrected chi connectivity index (χ1v) is 7.47. The van der Waals surface area contributed by atoms with E-state index in [0.29, 0.717) is 0 Å². The van der Waals surface area contributed by atoms with Crippen LogP contribution < -0.4 is 5.73 Å². The lowest BCUT2D eigenvalue weighted by Gasteiger charge is -2.29. The Hall–Kier alpha value is -2.25. The molecule has 0 saturated carbocycles. The number of hydrazine groups is 1. The molecule has 1 aliphatic rings. The van der Waals surface area contributed by atoms with Crippen LogP contribution in [0.3, 0.4) is 0 Å². The summed E-state index contributed by atoms with van der Waals surface area (Å²) in [6, 6.07) is -0.840. The SMILES string of the molecule is CCCCOC(=O)N1C=CC(C(=N)N)N1C(=O)OCCCC. The molecule has 0 radical (unpaired) electrons. The molecule has 1 aliphatic heterocycles. The molecule has 1 heterocycles. The summed E-state index contributed by atoms with van der Waals surface area (Å²) < 4.78 is 10.2. The van der Waals surface area contributed by atoms with Crippen LogP contribution in [0.2, 0.25) is 0 Å². The van der Waals surface area contributed by atoms with Crippen LogP contribution in [0.5, 0.6) is 0 Å². The van der Waals surface area contributed by atoms with Crippen molar-refractivity contribution in [1.82, 2.24) is 10.0 Å². The first kappa shape index (κ1) is 17.8. The number of nitrogens with one attached hydrogen (secondary N) is 1. The van der Waals surface area contributed by atoms with Crippen LogP contribution in [0.25, 0.3) is 0 Å². The first-order valence-electron chi connectivity index (χ1n) is 7.47. The van der Waals surface area contributed by atoms with Crippen LogP contribution in [-0.2, 0) is 9.47 Å². The van der Waals surface area contributed by atoms with Gasteiger partial charge >= 0.3 is 12.2 Å². The van der Waals surface area contributed by atoms with Crippen molar-refractivity contribution in [3.63, 3.8) is 0 Å². The Morgan fingerprint density at radius 2 is 1.68 bits per heavy atom. The van der Waals surface area contributed by atoms with Gasteiger partial charge in [-0.15, -0.1) is 0 Å². The predicted octanol–water partition coefficient (Wildman–Crippen LogP) is 2.21. The van der Waals surface area contributed by atoms with Gasteiger partial charge in [0.2, 0.25) is 0 Å². The second-order valence-corrected chi connectivity index (χ2v) is 4.87. The van der Waals surface area contributed by atoms with E-state index < -0.39 is 18.2 Å². The van der Waals surface area contributed by atoms with Crippen molar-refractivity contribution in [2.24, 2.45) is 5.73 Å². The van der Waals surface area contributed by atoms with Crippen molar-refractivity contribution in [2.45, 2.75) is 45.6 Å². The molecule has 124 valence electrons.